The highest BCUT2D eigenvalue weighted by atomic mass is 16.3. The molecule has 1 fully saturated rings. The smallest absolute Gasteiger partial charge is 0.140 e. The highest BCUT2D eigenvalue weighted by molar-refractivity contribution is 5.77. The van der Waals surface area contributed by atoms with Crippen molar-refractivity contribution in [1.82, 2.24) is 15.0 Å². The number of aryl methyl sites for hydroxylation is 1. The summed E-state index contributed by atoms with van der Waals surface area (Å²) in [5.74, 6) is 1.37. The van der Waals surface area contributed by atoms with E-state index in [9.17, 15) is 5.11 Å². The van der Waals surface area contributed by atoms with Crippen LogP contribution in [0.25, 0.3) is 11.1 Å². The van der Waals surface area contributed by atoms with E-state index in [0.29, 0.717) is 18.7 Å². The zero-order valence-electron chi connectivity index (χ0n) is 15.3. The molecule has 0 aliphatic carbocycles. The van der Waals surface area contributed by atoms with E-state index in [-0.39, 0.29) is 0 Å². The molecule has 0 amide bonds. The van der Waals surface area contributed by atoms with Gasteiger partial charge in [0.05, 0.1) is 11.3 Å². The van der Waals surface area contributed by atoms with Gasteiger partial charge in [-0.05, 0) is 37.5 Å². The van der Waals surface area contributed by atoms with Crippen LogP contribution in [0.4, 0.5) is 11.6 Å². The first-order valence-electron chi connectivity index (χ1n) is 9.13. The van der Waals surface area contributed by atoms with Crippen molar-refractivity contribution in [2.75, 3.05) is 23.7 Å². The van der Waals surface area contributed by atoms with Gasteiger partial charge >= 0.3 is 0 Å². The number of piperidine rings is 1. The predicted octanol–water partition coefficient (Wildman–Crippen LogP) is 2.92. The fraction of sp³-hybridized carbons (Fsp3) is 0.286. The van der Waals surface area contributed by atoms with Gasteiger partial charge < -0.3 is 15.7 Å². The average Bonchev–Trinajstić information content (AvgIpc) is 2.70. The van der Waals surface area contributed by atoms with Gasteiger partial charge in [0.15, 0.2) is 0 Å². The second-order valence-corrected chi connectivity index (χ2v) is 7.01. The van der Waals surface area contributed by atoms with Crippen molar-refractivity contribution in [3.63, 3.8) is 0 Å². The molecular weight excluding hydrogens is 338 g/mol. The van der Waals surface area contributed by atoms with Gasteiger partial charge in [-0.15, -0.1) is 0 Å². The highest BCUT2D eigenvalue weighted by Crippen LogP contribution is 2.37. The minimum absolute atomic E-state index is 0.487. The summed E-state index contributed by atoms with van der Waals surface area (Å²) >= 11 is 0. The molecule has 0 radical (unpaired) electrons. The van der Waals surface area contributed by atoms with Crippen LogP contribution < -0.4 is 10.6 Å². The lowest BCUT2D eigenvalue weighted by Crippen LogP contribution is -2.43. The molecule has 1 aromatic carbocycles. The van der Waals surface area contributed by atoms with E-state index in [2.05, 4.69) is 19.9 Å². The Balaban J connectivity index is 1.62. The van der Waals surface area contributed by atoms with E-state index in [1.165, 1.54) is 0 Å². The number of aromatic nitrogens is 3. The number of pyridine rings is 1. The molecule has 0 unspecified atom stereocenters. The Hall–Kier alpha value is -2.99. The lowest BCUT2D eigenvalue weighted by molar-refractivity contribution is 0.0117. The summed E-state index contributed by atoms with van der Waals surface area (Å²) in [6.07, 6.45) is 4.66. The van der Waals surface area contributed by atoms with Crippen LogP contribution in [0.1, 0.15) is 24.1 Å². The third-order valence-electron chi connectivity index (χ3n) is 5.29. The Bertz CT molecular complexity index is 919. The van der Waals surface area contributed by atoms with Crippen molar-refractivity contribution < 1.29 is 5.11 Å². The van der Waals surface area contributed by atoms with E-state index >= 15 is 0 Å². The maximum atomic E-state index is 11.1. The van der Waals surface area contributed by atoms with Gasteiger partial charge in [-0.3, -0.25) is 0 Å². The second kappa shape index (κ2) is 6.96. The average molecular weight is 361 g/mol. The van der Waals surface area contributed by atoms with Crippen molar-refractivity contribution in [2.24, 2.45) is 0 Å². The van der Waals surface area contributed by atoms with Crippen molar-refractivity contribution in [1.29, 1.82) is 0 Å². The molecule has 27 heavy (non-hydrogen) atoms. The van der Waals surface area contributed by atoms with Crippen LogP contribution >= 0.6 is 0 Å². The number of hydrogen-bond acceptors (Lipinski definition) is 6. The predicted molar refractivity (Wildman–Crippen MR) is 106 cm³/mol. The molecule has 2 aromatic heterocycles. The Morgan fingerprint density at radius 3 is 2.41 bits per heavy atom. The SMILES string of the molecule is Cc1ncnc(N2CCC(O)(c3ccccc3)CC2)c1-c1ccc(N)nc1. The monoisotopic (exact) mass is 361 g/mol. The Morgan fingerprint density at radius 1 is 1.00 bits per heavy atom. The van der Waals surface area contributed by atoms with E-state index in [4.69, 9.17) is 5.73 Å². The molecule has 1 saturated heterocycles. The lowest BCUT2D eigenvalue weighted by Gasteiger charge is -2.39. The Morgan fingerprint density at radius 2 is 1.74 bits per heavy atom. The van der Waals surface area contributed by atoms with Crippen molar-refractivity contribution in [3.05, 3.63) is 66.2 Å². The standard InChI is InChI=1S/C21H23N5O/c1-15-19(16-7-8-18(22)23-13-16)20(25-14-24-15)26-11-9-21(27,10-12-26)17-5-3-2-4-6-17/h2-8,13-14,27H,9-12H2,1H3,(H2,22,23). The third kappa shape index (κ3) is 3.36. The maximum Gasteiger partial charge on any atom is 0.140 e. The van der Waals surface area contributed by atoms with Crippen LogP contribution in [0.15, 0.2) is 55.0 Å². The molecule has 3 heterocycles. The number of nitrogens with two attached hydrogens (primary N) is 1. The number of benzene rings is 1. The minimum atomic E-state index is -0.789. The van der Waals surface area contributed by atoms with Crippen molar-refractivity contribution in [2.45, 2.75) is 25.4 Å². The summed E-state index contributed by atoms with van der Waals surface area (Å²) in [6, 6.07) is 13.6. The zero-order valence-corrected chi connectivity index (χ0v) is 15.3. The van der Waals surface area contributed by atoms with Gasteiger partial charge in [0.1, 0.15) is 18.0 Å². The fourth-order valence-corrected chi connectivity index (χ4v) is 3.72. The Labute approximate surface area is 158 Å². The van der Waals surface area contributed by atoms with Gasteiger partial charge in [-0.25, -0.2) is 15.0 Å². The molecule has 1 aliphatic rings. The molecule has 0 saturated carbocycles. The van der Waals surface area contributed by atoms with Gasteiger partial charge in [0.2, 0.25) is 0 Å². The molecular formula is C21H23N5O. The number of nitrogen functional groups attached to an aromatic ring is 1. The van der Waals surface area contributed by atoms with Crippen molar-refractivity contribution >= 4 is 11.6 Å². The van der Waals surface area contributed by atoms with E-state index in [0.717, 1.165) is 41.3 Å². The largest absolute Gasteiger partial charge is 0.385 e. The molecule has 1 aliphatic heterocycles. The highest BCUT2D eigenvalue weighted by Gasteiger charge is 2.35. The van der Waals surface area contributed by atoms with Crippen LogP contribution in [0.2, 0.25) is 0 Å². The van der Waals surface area contributed by atoms with E-state index < -0.39 is 5.60 Å². The molecule has 6 heteroatoms. The molecule has 0 atom stereocenters. The van der Waals surface area contributed by atoms with Crippen LogP contribution in [0.3, 0.4) is 0 Å². The first-order chi connectivity index (χ1) is 13.1. The van der Waals surface area contributed by atoms with E-state index in [1.807, 2.05) is 43.3 Å². The molecule has 6 nitrogen and oxygen atoms in total. The molecule has 3 aromatic rings. The molecule has 4 rings (SSSR count). The summed E-state index contributed by atoms with van der Waals surface area (Å²) in [6.45, 7) is 3.41. The molecule has 0 spiro atoms. The Kier molecular flexibility index (Phi) is 4.49. The third-order valence-corrected chi connectivity index (χ3v) is 5.29. The van der Waals surface area contributed by atoms with Gasteiger partial charge in [-0.2, -0.15) is 0 Å². The summed E-state index contributed by atoms with van der Waals surface area (Å²) in [5.41, 5.74) is 8.73. The van der Waals surface area contributed by atoms with Crippen molar-refractivity contribution in [3.8, 4) is 11.1 Å². The normalized spacial score (nSPS) is 16.3. The number of aliphatic hydroxyl groups is 1. The molecule has 3 N–H and O–H groups in total. The van der Waals surface area contributed by atoms with Crippen LogP contribution in [-0.4, -0.2) is 33.1 Å². The topological polar surface area (TPSA) is 88.2 Å². The quantitative estimate of drug-likeness (QED) is 0.746. The first-order valence-corrected chi connectivity index (χ1v) is 9.13. The number of hydrogen-bond donors (Lipinski definition) is 2. The van der Waals surface area contributed by atoms with Crippen LogP contribution in [0.5, 0.6) is 0 Å². The summed E-state index contributed by atoms with van der Waals surface area (Å²) in [4.78, 5) is 15.3. The summed E-state index contributed by atoms with van der Waals surface area (Å²) in [5, 5.41) is 11.1. The van der Waals surface area contributed by atoms with Crippen LogP contribution in [-0.2, 0) is 5.60 Å². The number of nitrogens with zero attached hydrogens (tertiary/aromatic N) is 4. The fourth-order valence-electron chi connectivity index (χ4n) is 3.72. The summed E-state index contributed by atoms with van der Waals surface area (Å²) < 4.78 is 0. The minimum Gasteiger partial charge on any atom is -0.385 e. The maximum absolute atomic E-state index is 11.1. The van der Waals surface area contributed by atoms with Gasteiger partial charge in [0, 0.05) is 30.4 Å². The molecule has 138 valence electrons. The molecule has 0 bridgehead atoms. The van der Waals surface area contributed by atoms with Crippen LogP contribution in [0, 0.1) is 6.92 Å². The van der Waals surface area contributed by atoms with Gasteiger partial charge in [-0.1, -0.05) is 30.3 Å². The zero-order chi connectivity index (χ0) is 18.9. The number of rotatable bonds is 3. The second-order valence-electron chi connectivity index (χ2n) is 7.01. The van der Waals surface area contributed by atoms with E-state index in [1.54, 1.807) is 18.6 Å². The number of anilines is 2. The first kappa shape index (κ1) is 17.4. The van der Waals surface area contributed by atoms with Gasteiger partial charge in [0.25, 0.3) is 0 Å². The lowest BCUT2D eigenvalue weighted by atomic mass is 9.84. The summed E-state index contributed by atoms with van der Waals surface area (Å²) in [7, 11) is 0.